The molecule has 0 spiro atoms. The fourth-order valence-electron chi connectivity index (χ4n) is 2.83. The number of benzene rings is 1. The Balaban J connectivity index is 1.72. The summed E-state index contributed by atoms with van der Waals surface area (Å²) in [5.41, 5.74) is 3.99. The molecule has 1 N–H and O–H groups in total. The molecule has 1 unspecified atom stereocenters. The van der Waals surface area contributed by atoms with Gasteiger partial charge in [0, 0.05) is 18.4 Å². The van der Waals surface area contributed by atoms with Crippen molar-refractivity contribution in [3.8, 4) is 5.75 Å². The van der Waals surface area contributed by atoms with E-state index in [4.69, 9.17) is 4.74 Å². The molecule has 1 aliphatic rings. The predicted octanol–water partition coefficient (Wildman–Crippen LogP) is 3.26. The number of fused-ring (bicyclic) bond motifs is 1. The number of aryl methyl sites for hydroxylation is 1. The van der Waals surface area contributed by atoms with Gasteiger partial charge in [-0.1, -0.05) is 6.07 Å². The second kappa shape index (κ2) is 6.06. The van der Waals surface area contributed by atoms with Crippen molar-refractivity contribution in [3.63, 3.8) is 0 Å². The van der Waals surface area contributed by atoms with E-state index < -0.39 is 0 Å². The highest BCUT2D eigenvalue weighted by Gasteiger charge is 2.18. The van der Waals surface area contributed by atoms with E-state index in [1.54, 1.807) is 12.4 Å². The molecule has 3 nitrogen and oxygen atoms in total. The van der Waals surface area contributed by atoms with E-state index in [-0.39, 0.29) is 0 Å². The number of rotatable bonds is 4. The Bertz CT molecular complexity index is 568. The summed E-state index contributed by atoms with van der Waals surface area (Å²) in [5.74, 6) is 0.956. The van der Waals surface area contributed by atoms with Crippen LogP contribution in [0.2, 0.25) is 0 Å². The van der Waals surface area contributed by atoms with Gasteiger partial charge in [0.25, 0.3) is 0 Å². The molecule has 1 atom stereocenters. The molecule has 0 bridgehead atoms. The summed E-state index contributed by atoms with van der Waals surface area (Å²) in [5, 5.41) is 3.39. The van der Waals surface area contributed by atoms with Crippen molar-refractivity contribution in [2.24, 2.45) is 0 Å². The Morgan fingerprint density at radius 2 is 2.10 bits per heavy atom. The van der Waals surface area contributed by atoms with Crippen molar-refractivity contribution in [1.82, 2.24) is 10.3 Å². The van der Waals surface area contributed by atoms with Crippen LogP contribution in [-0.2, 0) is 13.0 Å². The third kappa shape index (κ3) is 2.83. The molecule has 0 saturated carbocycles. The van der Waals surface area contributed by atoms with Gasteiger partial charge >= 0.3 is 0 Å². The molecule has 1 aromatic heterocycles. The Morgan fingerprint density at radius 3 is 2.90 bits per heavy atom. The summed E-state index contributed by atoms with van der Waals surface area (Å²) in [4.78, 5) is 4.01. The van der Waals surface area contributed by atoms with Crippen LogP contribution in [0.1, 0.15) is 35.6 Å². The zero-order valence-electron chi connectivity index (χ0n) is 11.8. The lowest BCUT2D eigenvalue weighted by Gasteiger charge is -2.25. The number of aromatic nitrogens is 1. The third-order valence-corrected chi connectivity index (χ3v) is 3.93. The second-order valence-electron chi connectivity index (χ2n) is 5.24. The van der Waals surface area contributed by atoms with E-state index in [1.807, 2.05) is 19.2 Å². The molecule has 0 aliphatic heterocycles. The normalized spacial score (nSPS) is 17.6. The summed E-state index contributed by atoms with van der Waals surface area (Å²) in [6.07, 6.45) is 7.21. The fourth-order valence-corrected chi connectivity index (χ4v) is 2.83. The SMILES string of the molecule is CNC1CCCc2cc(OCc3ccncc3)ccc21. The van der Waals surface area contributed by atoms with E-state index in [1.165, 1.54) is 24.0 Å². The molecule has 0 saturated heterocycles. The molecule has 1 heterocycles. The lowest BCUT2D eigenvalue weighted by molar-refractivity contribution is 0.305. The van der Waals surface area contributed by atoms with Gasteiger partial charge in [-0.25, -0.2) is 0 Å². The van der Waals surface area contributed by atoms with Crippen LogP contribution in [-0.4, -0.2) is 12.0 Å². The van der Waals surface area contributed by atoms with Crippen molar-refractivity contribution < 1.29 is 4.74 Å². The van der Waals surface area contributed by atoms with Crippen LogP contribution >= 0.6 is 0 Å². The number of hydrogen-bond acceptors (Lipinski definition) is 3. The minimum atomic E-state index is 0.494. The number of hydrogen-bond donors (Lipinski definition) is 1. The summed E-state index contributed by atoms with van der Waals surface area (Å²) in [7, 11) is 2.04. The van der Waals surface area contributed by atoms with Crippen LogP contribution in [0.25, 0.3) is 0 Å². The van der Waals surface area contributed by atoms with Crippen LogP contribution in [0.4, 0.5) is 0 Å². The van der Waals surface area contributed by atoms with Crippen LogP contribution in [0.3, 0.4) is 0 Å². The largest absolute Gasteiger partial charge is 0.489 e. The van der Waals surface area contributed by atoms with Gasteiger partial charge in [-0.2, -0.15) is 0 Å². The monoisotopic (exact) mass is 268 g/mol. The first-order valence-electron chi connectivity index (χ1n) is 7.18. The quantitative estimate of drug-likeness (QED) is 0.924. The van der Waals surface area contributed by atoms with Crippen molar-refractivity contribution in [2.45, 2.75) is 31.9 Å². The van der Waals surface area contributed by atoms with E-state index in [2.05, 4.69) is 28.5 Å². The second-order valence-corrected chi connectivity index (χ2v) is 5.24. The first kappa shape index (κ1) is 13.1. The van der Waals surface area contributed by atoms with Gasteiger partial charge in [0.05, 0.1) is 0 Å². The maximum Gasteiger partial charge on any atom is 0.120 e. The van der Waals surface area contributed by atoms with Crippen molar-refractivity contribution in [3.05, 3.63) is 59.4 Å². The third-order valence-electron chi connectivity index (χ3n) is 3.93. The summed E-state index contributed by atoms with van der Waals surface area (Å²) in [6, 6.07) is 10.9. The Kier molecular flexibility index (Phi) is 3.97. The molecule has 2 aromatic rings. The minimum absolute atomic E-state index is 0.494. The van der Waals surface area contributed by atoms with Crippen molar-refractivity contribution in [1.29, 1.82) is 0 Å². The van der Waals surface area contributed by atoms with Gasteiger partial charge in [0.2, 0.25) is 0 Å². The van der Waals surface area contributed by atoms with Gasteiger partial charge < -0.3 is 10.1 Å². The summed E-state index contributed by atoms with van der Waals surface area (Å²) < 4.78 is 5.88. The van der Waals surface area contributed by atoms with E-state index in [9.17, 15) is 0 Å². The molecule has 3 rings (SSSR count). The van der Waals surface area contributed by atoms with Crippen molar-refractivity contribution in [2.75, 3.05) is 7.05 Å². The number of pyridine rings is 1. The number of ether oxygens (including phenoxy) is 1. The zero-order chi connectivity index (χ0) is 13.8. The predicted molar refractivity (Wildman–Crippen MR) is 79.7 cm³/mol. The maximum absolute atomic E-state index is 5.88. The van der Waals surface area contributed by atoms with Gasteiger partial charge in [0.15, 0.2) is 0 Å². The summed E-state index contributed by atoms with van der Waals surface area (Å²) >= 11 is 0. The maximum atomic E-state index is 5.88. The van der Waals surface area contributed by atoms with Crippen LogP contribution in [0, 0.1) is 0 Å². The molecule has 0 radical (unpaired) electrons. The van der Waals surface area contributed by atoms with Crippen LogP contribution < -0.4 is 10.1 Å². The standard InChI is InChI=1S/C17H20N2O/c1-18-17-4-2-3-14-11-15(5-6-16(14)17)20-12-13-7-9-19-10-8-13/h5-11,17-18H,2-4,12H2,1H3. The average Bonchev–Trinajstić information content (AvgIpc) is 2.53. The topological polar surface area (TPSA) is 34.1 Å². The number of nitrogens with one attached hydrogen (secondary N) is 1. The lowest BCUT2D eigenvalue weighted by Crippen LogP contribution is -2.21. The minimum Gasteiger partial charge on any atom is -0.489 e. The Labute approximate surface area is 120 Å². The highest BCUT2D eigenvalue weighted by atomic mass is 16.5. The summed E-state index contributed by atoms with van der Waals surface area (Å²) in [6.45, 7) is 0.594. The molecular formula is C17H20N2O. The molecule has 3 heteroatoms. The van der Waals surface area contributed by atoms with Gasteiger partial charge in [-0.3, -0.25) is 4.98 Å². The molecule has 1 aliphatic carbocycles. The van der Waals surface area contributed by atoms with Gasteiger partial charge in [0.1, 0.15) is 12.4 Å². The first-order chi connectivity index (χ1) is 9.86. The Morgan fingerprint density at radius 1 is 1.25 bits per heavy atom. The van der Waals surface area contributed by atoms with Gasteiger partial charge in [-0.05, 0) is 67.3 Å². The molecule has 1 aromatic carbocycles. The van der Waals surface area contributed by atoms with E-state index in [0.717, 1.165) is 17.7 Å². The Hall–Kier alpha value is -1.87. The first-order valence-corrected chi connectivity index (χ1v) is 7.18. The lowest BCUT2D eigenvalue weighted by atomic mass is 9.87. The highest BCUT2D eigenvalue weighted by molar-refractivity contribution is 5.39. The smallest absolute Gasteiger partial charge is 0.120 e. The molecule has 0 amide bonds. The van der Waals surface area contributed by atoms with E-state index in [0.29, 0.717) is 12.6 Å². The highest BCUT2D eigenvalue weighted by Crippen LogP contribution is 2.32. The zero-order valence-corrected chi connectivity index (χ0v) is 11.8. The fraction of sp³-hybridized carbons (Fsp3) is 0.353. The van der Waals surface area contributed by atoms with E-state index >= 15 is 0 Å². The average molecular weight is 268 g/mol. The number of nitrogens with zero attached hydrogens (tertiary/aromatic N) is 1. The van der Waals surface area contributed by atoms with Crippen molar-refractivity contribution >= 4 is 0 Å². The molecule has 104 valence electrons. The van der Waals surface area contributed by atoms with Crippen LogP contribution in [0.5, 0.6) is 5.75 Å². The van der Waals surface area contributed by atoms with Crippen LogP contribution in [0.15, 0.2) is 42.7 Å². The molecular weight excluding hydrogens is 248 g/mol. The molecule has 20 heavy (non-hydrogen) atoms. The molecule has 0 fully saturated rings. The van der Waals surface area contributed by atoms with Gasteiger partial charge in [-0.15, -0.1) is 0 Å².